The van der Waals surface area contributed by atoms with Crippen LogP contribution in [0.25, 0.3) is 0 Å². The Morgan fingerprint density at radius 2 is 2.17 bits per heavy atom. The van der Waals surface area contributed by atoms with Gasteiger partial charge in [-0.05, 0) is 31.0 Å². The number of rotatable bonds is 2. The van der Waals surface area contributed by atoms with Gasteiger partial charge >= 0.3 is 0 Å². The van der Waals surface area contributed by atoms with Gasteiger partial charge in [-0.15, -0.1) is 10.2 Å². The van der Waals surface area contributed by atoms with Crippen LogP contribution in [0.2, 0.25) is 5.02 Å². The molecule has 94 valence electrons. The molecule has 3 rings (SSSR count). The van der Waals surface area contributed by atoms with Crippen molar-refractivity contribution in [1.29, 1.82) is 0 Å². The van der Waals surface area contributed by atoms with Crippen LogP contribution in [0.5, 0.6) is 0 Å². The van der Waals surface area contributed by atoms with Gasteiger partial charge in [-0.2, -0.15) is 0 Å². The maximum atomic E-state index is 13.1. The molecule has 0 saturated carbocycles. The average molecular weight is 267 g/mol. The third-order valence-corrected chi connectivity index (χ3v) is 3.32. The molecule has 0 fully saturated rings. The highest BCUT2D eigenvalue weighted by Gasteiger charge is 2.15. The van der Waals surface area contributed by atoms with E-state index in [4.69, 9.17) is 11.6 Å². The molecule has 0 atom stereocenters. The molecule has 2 aromatic rings. The number of nitrogens with one attached hydrogen (secondary N) is 1. The highest BCUT2D eigenvalue weighted by molar-refractivity contribution is 6.31. The number of hydrogen-bond acceptors (Lipinski definition) is 3. The number of fused-ring (bicyclic) bond motifs is 1. The Labute approximate surface area is 109 Å². The molecule has 1 aliphatic heterocycles. The summed E-state index contributed by atoms with van der Waals surface area (Å²) >= 11 is 5.74. The molecule has 2 heterocycles. The minimum absolute atomic E-state index is 0.0957. The lowest BCUT2D eigenvalue weighted by Gasteiger charge is -2.15. The molecule has 4 nitrogen and oxygen atoms in total. The minimum atomic E-state index is -0.425. The average Bonchev–Trinajstić information content (AvgIpc) is 2.78. The summed E-state index contributed by atoms with van der Waals surface area (Å²) in [5.74, 6) is 1.26. The van der Waals surface area contributed by atoms with E-state index in [2.05, 4.69) is 20.1 Å². The smallest absolute Gasteiger partial charge is 0.229 e. The zero-order valence-corrected chi connectivity index (χ0v) is 10.4. The monoisotopic (exact) mass is 266 g/mol. The second-order valence-corrected chi connectivity index (χ2v) is 4.71. The first-order chi connectivity index (χ1) is 8.74. The maximum absolute atomic E-state index is 13.1. The lowest BCUT2D eigenvalue weighted by Crippen LogP contribution is -2.12. The Kier molecular flexibility index (Phi) is 2.91. The molecule has 18 heavy (non-hydrogen) atoms. The van der Waals surface area contributed by atoms with E-state index in [1.54, 1.807) is 12.1 Å². The summed E-state index contributed by atoms with van der Waals surface area (Å²) < 4.78 is 15.1. The van der Waals surface area contributed by atoms with Crippen molar-refractivity contribution in [1.82, 2.24) is 14.8 Å². The molecule has 0 unspecified atom stereocenters. The highest BCUT2D eigenvalue weighted by atomic mass is 35.5. The van der Waals surface area contributed by atoms with E-state index >= 15 is 0 Å². The van der Waals surface area contributed by atoms with Crippen molar-refractivity contribution in [2.75, 3.05) is 5.32 Å². The van der Waals surface area contributed by atoms with Crippen LogP contribution in [0.15, 0.2) is 18.2 Å². The van der Waals surface area contributed by atoms with Crippen LogP contribution in [-0.2, 0) is 13.0 Å². The Morgan fingerprint density at radius 1 is 1.28 bits per heavy atom. The molecule has 1 aromatic carbocycles. The number of aromatic nitrogens is 3. The fourth-order valence-corrected chi connectivity index (χ4v) is 2.28. The van der Waals surface area contributed by atoms with Crippen LogP contribution in [0.3, 0.4) is 0 Å². The third-order valence-electron chi connectivity index (χ3n) is 3.04. The fourth-order valence-electron chi connectivity index (χ4n) is 2.10. The van der Waals surface area contributed by atoms with Crippen molar-refractivity contribution in [2.24, 2.45) is 0 Å². The van der Waals surface area contributed by atoms with E-state index in [0.717, 1.165) is 31.6 Å². The van der Waals surface area contributed by atoms with Crippen LogP contribution < -0.4 is 5.32 Å². The van der Waals surface area contributed by atoms with Crippen LogP contribution in [0, 0.1) is 5.82 Å². The topological polar surface area (TPSA) is 42.7 Å². The van der Waals surface area contributed by atoms with Gasteiger partial charge < -0.3 is 5.32 Å². The molecule has 1 N–H and O–H groups in total. The van der Waals surface area contributed by atoms with Crippen molar-refractivity contribution < 1.29 is 4.39 Å². The summed E-state index contributed by atoms with van der Waals surface area (Å²) in [7, 11) is 0. The van der Waals surface area contributed by atoms with Gasteiger partial charge in [0, 0.05) is 18.7 Å². The van der Waals surface area contributed by atoms with Crippen LogP contribution in [0.1, 0.15) is 18.7 Å². The zero-order valence-electron chi connectivity index (χ0n) is 9.66. The first kappa shape index (κ1) is 11.5. The quantitative estimate of drug-likeness (QED) is 0.908. The van der Waals surface area contributed by atoms with E-state index in [1.807, 2.05) is 0 Å². The number of hydrogen-bond donors (Lipinski definition) is 1. The first-order valence-electron chi connectivity index (χ1n) is 5.88. The van der Waals surface area contributed by atoms with Gasteiger partial charge in [0.2, 0.25) is 5.95 Å². The Balaban J connectivity index is 1.88. The molecule has 0 aliphatic carbocycles. The van der Waals surface area contributed by atoms with Gasteiger partial charge in [0.15, 0.2) is 0 Å². The van der Waals surface area contributed by atoms with Crippen LogP contribution >= 0.6 is 11.6 Å². The number of benzene rings is 1. The summed E-state index contributed by atoms with van der Waals surface area (Å²) in [5.41, 5.74) is 0.710. The second kappa shape index (κ2) is 4.57. The molecule has 6 heteroatoms. The van der Waals surface area contributed by atoms with Gasteiger partial charge in [0.1, 0.15) is 11.6 Å². The number of halogens is 2. The van der Waals surface area contributed by atoms with Crippen molar-refractivity contribution >= 4 is 23.2 Å². The number of nitrogens with zero attached hydrogens (tertiary/aromatic N) is 3. The summed E-state index contributed by atoms with van der Waals surface area (Å²) in [6.07, 6.45) is 3.24. The van der Waals surface area contributed by atoms with Gasteiger partial charge in [-0.1, -0.05) is 11.6 Å². The summed E-state index contributed by atoms with van der Waals surface area (Å²) in [4.78, 5) is 0. The molecule has 1 aromatic heterocycles. The van der Waals surface area contributed by atoms with Gasteiger partial charge in [-0.3, -0.25) is 4.57 Å². The standard InChI is InChI=1S/C12H12ClFN4/c13-9-7-8(4-5-10(9)14)15-12-17-16-11-3-1-2-6-18(11)12/h4-5,7H,1-3,6H2,(H,15,17). The van der Waals surface area contributed by atoms with E-state index in [0.29, 0.717) is 11.6 Å². The fraction of sp³-hybridized carbons (Fsp3) is 0.333. The lowest BCUT2D eigenvalue weighted by molar-refractivity contribution is 0.526. The molecule has 0 saturated heterocycles. The molecule has 1 aliphatic rings. The predicted octanol–water partition coefficient (Wildman–Crippen LogP) is 3.15. The second-order valence-electron chi connectivity index (χ2n) is 4.30. The van der Waals surface area contributed by atoms with E-state index in [1.165, 1.54) is 6.07 Å². The van der Waals surface area contributed by atoms with Gasteiger partial charge in [-0.25, -0.2) is 4.39 Å². The summed E-state index contributed by atoms with van der Waals surface area (Å²) in [6, 6.07) is 4.51. The van der Waals surface area contributed by atoms with Crippen molar-refractivity contribution in [2.45, 2.75) is 25.8 Å². The Morgan fingerprint density at radius 3 is 3.00 bits per heavy atom. The molecule has 0 radical (unpaired) electrons. The lowest BCUT2D eigenvalue weighted by atomic mass is 10.2. The molecule has 0 spiro atoms. The predicted molar refractivity (Wildman–Crippen MR) is 67.7 cm³/mol. The van der Waals surface area contributed by atoms with E-state index < -0.39 is 5.82 Å². The molecular formula is C12H12ClFN4. The number of aryl methyl sites for hydroxylation is 1. The zero-order chi connectivity index (χ0) is 12.5. The van der Waals surface area contributed by atoms with Gasteiger partial charge in [0.05, 0.1) is 5.02 Å². The van der Waals surface area contributed by atoms with Crippen molar-refractivity contribution in [3.63, 3.8) is 0 Å². The summed E-state index contributed by atoms with van der Waals surface area (Å²) in [6.45, 7) is 0.916. The van der Waals surface area contributed by atoms with Gasteiger partial charge in [0.25, 0.3) is 0 Å². The van der Waals surface area contributed by atoms with E-state index in [-0.39, 0.29) is 5.02 Å². The first-order valence-corrected chi connectivity index (χ1v) is 6.26. The van der Waals surface area contributed by atoms with Crippen LogP contribution in [0.4, 0.5) is 16.0 Å². The van der Waals surface area contributed by atoms with Crippen molar-refractivity contribution in [3.05, 3.63) is 34.9 Å². The molecule has 0 bridgehead atoms. The normalized spacial score (nSPS) is 14.3. The largest absolute Gasteiger partial charge is 0.324 e. The minimum Gasteiger partial charge on any atom is -0.324 e. The number of anilines is 2. The third kappa shape index (κ3) is 2.06. The Bertz CT molecular complexity index is 581. The van der Waals surface area contributed by atoms with Crippen molar-refractivity contribution in [3.8, 4) is 0 Å². The van der Waals surface area contributed by atoms with Crippen LogP contribution in [-0.4, -0.2) is 14.8 Å². The molecule has 0 amide bonds. The SMILES string of the molecule is Fc1ccc(Nc2nnc3n2CCCC3)cc1Cl. The highest BCUT2D eigenvalue weighted by Crippen LogP contribution is 2.24. The molecular weight excluding hydrogens is 255 g/mol. The van der Waals surface area contributed by atoms with E-state index in [9.17, 15) is 4.39 Å². The Hall–Kier alpha value is -1.62. The summed E-state index contributed by atoms with van der Waals surface area (Å²) in [5, 5.41) is 11.5. The maximum Gasteiger partial charge on any atom is 0.229 e.